The van der Waals surface area contributed by atoms with Gasteiger partial charge in [0.2, 0.25) is 15.9 Å². The van der Waals surface area contributed by atoms with E-state index in [-0.39, 0.29) is 28.9 Å². The number of hydrogen-bond acceptors (Lipinski definition) is 7. The number of nitrogens with zero attached hydrogens (tertiary/aromatic N) is 3. The van der Waals surface area contributed by atoms with Crippen LogP contribution in [0.3, 0.4) is 0 Å². The average Bonchev–Trinajstić information content (AvgIpc) is 2.78. The lowest BCUT2D eigenvalue weighted by molar-refractivity contribution is -0.119. The lowest BCUT2D eigenvalue weighted by atomic mass is 10.0. The quantitative estimate of drug-likeness (QED) is 0.665. The molecule has 0 aliphatic carbocycles. The first kappa shape index (κ1) is 23.5. The third kappa shape index (κ3) is 4.83. The molecule has 2 aromatic rings. The van der Waals surface area contributed by atoms with Crippen LogP contribution in [0.25, 0.3) is 0 Å². The summed E-state index contributed by atoms with van der Waals surface area (Å²) in [6, 6.07) is 9.95. The van der Waals surface area contributed by atoms with Crippen LogP contribution in [0.1, 0.15) is 33.6 Å². The highest BCUT2D eigenvalue weighted by atomic mass is 32.2. The molecule has 3 heterocycles. The molecule has 4 rings (SSSR count). The molecular formula is C23H31N5O4S. The van der Waals surface area contributed by atoms with Gasteiger partial charge in [-0.15, -0.1) is 0 Å². The smallest absolute Gasteiger partial charge is 0.249 e. The Morgan fingerprint density at radius 2 is 1.88 bits per heavy atom. The van der Waals surface area contributed by atoms with Crippen molar-refractivity contribution in [1.82, 2.24) is 9.71 Å². The maximum Gasteiger partial charge on any atom is 0.249 e. The Labute approximate surface area is 195 Å². The number of pyridine rings is 1. The van der Waals surface area contributed by atoms with Crippen molar-refractivity contribution in [1.29, 1.82) is 0 Å². The molecule has 1 fully saturated rings. The molecule has 33 heavy (non-hydrogen) atoms. The van der Waals surface area contributed by atoms with Gasteiger partial charge in [-0.25, -0.2) is 18.1 Å². The molecule has 1 aromatic carbocycles. The Morgan fingerprint density at radius 3 is 2.58 bits per heavy atom. The lowest BCUT2D eigenvalue weighted by Crippen LogP contribution is -2.56. The maximum atomic E-state index is 12.9. The van der Waals surface area contributed by atoms with E-state index in [0.717, 1.165) is 24.3 Å². The monoisotopic (exact) mass is 473 g/mol. The van der Waals surface area contributed by atoms with Crippen molar-refractivity contribution in [3.63, 3.8) is 0 Å². The predicted octanol–water partition coefficient (Wildman–Crippen LogP) is 2.86. The van der Waals surface area contributed by atoms with Crippen molar-refractivity contribution in [3.05, 3.63) is 36.4 Å². The second-order valence-electron chi connectivity index (χ2n) is 8.79. The molecule has 0 unspecified atom stereocenters. The number of carbonyl (C=O) groups is 1. The van der Waals surface area contributed by atoms with Crippen LogP contribution in [0.5, 0.6) is 0 Å². The van der Waals surface area contributed by atoms with E-state index in [1.807, 2.05) is 13.0 Å². The predicted molar refractivity (Wildman–Crippen MR) is 129 cm³/mol. The molecule has 10 heteroatoms. The molecule has 9 nitrogen and oxygen atoms in total. The zero-order valence-electron chi connectivity index (χ0n) is 19.4. The SMILES string of the molecule is CC(C)NS(=O)(=O)c1cccc(Nc2ccc3c(n2)N(C2CCOCC2)[C@H](C)C(=O)N3C)c1. The fourth-order valence-electron chi connectivity index (χ4n) is 4.38. The Hall–Kier alpha value is -2.69. The molecule has 1 saturated heterocycles. The summed E-state index contributed by atoms with van der Waals surface area (Å²) < 4.78 is 33.2. The molecule has 1 amide bonds. The van der Waals surface area contributed by atoms with Crippen LogP contribution in [0.15, 0.2) is 41.3 Å². The van der Waals surface area contributed by atoms with E-state index in [0.29, 0.717) is 24.7 Å². The molecule has 2 aliphatic rings. The number of benzene rings is 1. The summed E-state index contributed by atoms with van der Waals surface area (Å²) in [5.74, 6) is 1.35. The molecule has 1 aromatic heterocycles. The van der Waals surface area contributed by atoms with Crippen LogP contribution in [0.2, 0.25) is 0 Å². The number of hydrogen-bond donors (Lipinski definition) is 2. The van der Waals surface area contributed by atoms with Gasteiger partial charge in [-0.2, -0.15) is 0 Å². The van der Waals surface area contributed by atoms with Crippen LogP contribution >= 0.6 is 0 Å². The first-order valence-electron chi connectivity index (χ1n) is 11.2. The molecule has 0 saturated carbocycles. The standard InChI is InChI=1S/C23H31N5O4S/c1-15(2)26-33(30,31)19-7-5-6-17(14-19)24-21-9-8-20-22(25-21)28(16(3)23(29)27(20)4)18-10-12-32-13-11-18/h5-9,14-16,18,26H,10-13H2,1-4H3,(H,24,25)/t16-/m1/s1. The Kier molecular flexibility index (Phi) is 6.60. The van der Waals surface area contributed by atoms with Crippen molar-refractivity contribution < 1.29 is 17.9 Å². The van der Waals surface area contributed by atoms with E-state index in [1.165, 1.54) is 0 Å². The van der Waals surface area contributed by atoms with Crippen molar-refractivity contribution in [2.24, 2.45) is 0 Å². The highest BCUT2D eigenvalue weighted by Gasteiger charge is 2.39. The highest BCUT2D eigenvalue weighted by Crippen LogP contribution is 2.38. The van der Waals surface area contributed by atoms with Gasteiger partial charge in [-0.3, -0.25) is 4.79 Å². The molecule has 2 aliphatic heterocycles. The Balaban J connectivity index is 1.66. The van der Waals surface area contributed by atoms with Crippen LogP contribution < -0.4 is 19.8 Å². The van der Waals surface area contributed by atoms with E-state index in [4.69, 9.17) is 9.72 Å². The molecule has 1 atom stereocenters. The average molecular weight is 474 g/mol. The minimum atomic E-state index is -3.61. The van der Waals surface area contributed by atoms with E-state index in [9.17, 15) is 13.2 Å². The van der Waals surface area contributed by atoms with Crippen LogP contribution in [-0.2, 0) is 19.6 Å². The zero-order chi connectivity index (χ0) is 23.8. The van der Waals surface area contributed by atoms with Crippen LogP contribution in [-0.4, -0.2) is 57.7 Å². The van der Waals surface area contributed by atoms with Gasteiger partial charge in [0.25, 0.3) is 0 Å². The number of fused-ring (bicyclic) bond motifs is 1. The van der Waals surface area contributed by atoms with Gasteiger partial charge in [0.05, 0.1) is 10.6 Å². The topological polar surface area (TPSA) is 104 Å². The van der Waals surface area contributed by atoms with Gasteiger partial charge in [0.1, 0.15) is 11.9 Å². The number of aromatic nitrogens is 1. The number of sulfonamides is 1. The number of ether oxygens (including phenoxy) is 1. The molecule has 2 N–H and O–H groups in total. The summed E-state index contributed by atoms with van der Waals surface area (Å²) in [6.07, 6.45) is 1.67. The molecular weight excluding hydrogens is 442 g/mol. The van der Waals surface area contributed by atoms with Gasteiger partial charge in [0, 0.05) is 38.0 Å². The normalized spacial score (nSPS) is 19.7. The van der Waals surface area contributed by atoms with E-state index >= 15 is 0 Å². The number of carbonyl (C=O) groups excluding carboxylic acids is 1. The lowest BCUT2D eigenvalue weighted by Gasteiger charge is -2.44. The zero-order valence-corrected chi connectivity index (χ0v) is 20.2. The number of likely N-dealkylation sites (N-methyl/N-ethyl adjacent to an activating group) is 1. The first-order valence-corrected chi connectivity index (χ1v) is 12.7. The van der Waals surface area contributed by atoms with Crippen molar-refractivity contribution in [2.45, 2.75) is 56.6 Å². The number of anilines is 4. The van der Waals surface area contributed by atoms with Gasteiger partial charge < -0.3 is 19.9 Å². The van der Waals surface area contributed by atoms with E-state index in [1.54, 1.807) is 56.1 Å². The second-order valence-corrected chi connectivity index (χ2v) is 10.5. The van der Waals surface area contributed by atoms with Gasteiger partial charge in [-0.1, -0.05) is 6.07 Å². The van der Waals surface area contributed by atoms with Crippen LogP contribution in [0.4, 0.5) is 23.0 Å². The highest BCUT2D eigenvalue weighted by molar-refractivity contribution is 7.89. The maximum absolute atomic E-state index is 12.9. The Bertz CT molecular complexity index is 1130. The third-order valence-corrected chi connectivity index (χ3v) is 7.61. The number of amides is 1. The summed E-state index contributed by atoms with van der Waals surface area (Å²) >= 11 is 0. The van der Waals surface area contributed by atoms with Gasteiger partial charge >= 0.3 is 0 Å². The third-order valence-electron chi connectivity index (χ3n) is 5.96. The minimum Gasteiger partial charge on any atom is -0.381 e. The fourth-order valence-corrected chi connectivity index (χ4v) is 5.68. The Morgan fingerprint density at radius 1 is 1.15 bits per heavy atom. The second kappa shape index (κ2) is 9.28. The first-order chi connectivity index (χ1) is 15.7. The van der Waals surface area contributed by atoms with Crippen LogP contribution in [0, 0.1) is 0 Å². The number of rotatable bonds is 6. The molecule has 0 radical (unpaired) electrons. The largest absolute Gasteiger partial charge is 0.381 e. The summed E-state index contributed by atoms with van der Waals surface area (Å²) in [5.41, 5.74) is 1.37. The van der Waals surface area contributed by atoms with E-state index in [2.05, 4.69) is 14.9 Å². The number of nitrogens with one attached hydrogen (secondary N) is 2. The summed E-state index contributed by atoms with van der Waals surface area (Å²) in [4.78, 5) is 21.7. The summed E-state index contributed by atoms with van der Waals surface area (Å²) in [7, 11) is -1.84. The van der Waals surface area contributed by atoms with Gasteiger partial charge in [0.15, 0.2) is 5.82 Å². The van der Waals surface area contributed by atoms with Crippen molar-refractivity contribution in [3.8, 4) is 0 Å². The van der Waals surface area contributed by atoms with Gasteiger partial charge in [-0.05, 0) is 63.9 Å². The van der Waals surface area contributed by atoms with E-state index < -0.39 is 10.0 Å². The molecule has 178 valence electrons. The molecule has 0 spiro atoms. The van der Waals surface area contributed by atoms with Crippen molar-refractivity contribution >= 4 is 38.9 Å². The van der Waals surface area contributed by atoms with Crippen molar-refractivity contribution in [2.75, 3.05) is 35.4 Å². The fraction of sp³-hybridized carbons (Fsp3) is 0.478. The minimum absolute atomic E-state index is 0.0343. The summed E-state index contributed by atoms with van der Waals surface area (Å²) in [6.45, 7) is 6.80. The summed E-state index contributed by atoms with van der Waals surface area (Å²) in [5, 5.41) is 3.23. The molecule has 0 bridgehead atoms.